The largest absolute Gasteiger partial charge is 0.457 e. The van der Waals surface area contributed by atoms with Crippen molar-refractivity contribution in [3.8, 4) is 0 Å². The third-order valence-electron chi connectivity index (χ3n) is 16.4. The van der Waals surface area contributed by atoms with Crippen LogP contribution in [0, 0.1) is 17.8 Å². The van der Waals surface area contributed by atoms with E-state index in [2.05, 4.69) is 138 Å². The molecule has 0 aromatic carbocycles. The number of cyclic esters (lactones) is 1. The molecule has 3 rings (SSSR count). The van der Waals surface area contributed by atoms with Crippen molar-refractivity contribution in [2.75, 3.05) is 26.2 Å². The minimum absolute atomic E-state index is 0.0267. The van der Waals surface area contributed by atoms with Gasteiger partial charge in [-0.25, -0.2) is 4.79 Å². The van der Waals surface area contributed by atoms with E-state index in [9.17, 15) is 9.59 Å². The number of epoxide rings is 1. The summed E-state index contributed by atoms with van der Waals surface area (Å²) in [5.74, 6) is -0.0852. The summed E-state index contributed by atoms with van der Waals surface area (Å²) in [4.78, 5) is 29.7. The first-order valence-electron chi connectivity index (χ1n) is 27.0. The molecule has 0 aromatic rings. The lowest BCUT2D eigenvalue weighted by atomic mass is 9.91. The van der Waals surface area contributed by atoms with Crippen LogP contribution in [0.4, 0.5) is 4.79 Å². The number of ether oxygens (including phenoxy) is 3. The highest BCUT2D eigenvalue weighted by Gasteiger charge is 2.51. The third kappa shape index (κ3) is 17.4. The molecule has 1 amide bonds. The van der Waals surface area contributed by atoms with E-state index in [0.717, 1.165) is 98.9 Å². The SMILES string of the molecule is CCC(O[Si](CC)(CC)CC)C(C)C1OC1CC(C)(C=CC=C(C)C1OC(=O)CC(O[Si](CC)(CC)CC)CCC(C)C(OC(=O)NCCN2CCCC2)C=CC1C)O[Si](CC)(CC)CC. The molecule has 3 aliphatic heterocycles. The Morgan fingerprint density at radius 2 is 1.47 bits per heavy atom. The molecule has 0 aromatic heterocycles. The predicted octanol–water partition coefficient (Wildman–Crippen LogP) is 13.4. The molecule has 3 heterocycles. The monoisotopic (exact) mass is 977 g/mol. The minimum Gasteiger partial charge on any atom is -0.457 e. The van der Waals surface area contributed by atoms with Crippen LogP contribution in [0.15, 0.2) is 36.0 Å². The van der Waals surface area contributed by atoms with Gasteiger partial charge < -0.3 is 37.7 Å². The van der Waals surface area contributed by atoms with Crippen molar-refractivity contribution in [1.82, 2.24) is 10.2 Å². The first-order chi connectivity index (χ1) is 31.4. The van der Waals surface area contributed by atoms with Gasteiger partial charge >= 0.3 is 12.1 Å². The molecule has 10 nitrogen and oxygen atoms in total. The maximum absolute atomic E-state index is 14.0. The molecule has 2 fully saturated rings. The van der Waals surface area contributed by atoms with Crippen LogP contribution in [0.1, 0.15) is 149 Å². The summed E-state index contributed by atoms with van der Waals surface area (Å²) in [5, 5.41) is 3.01. The molecule has 0 spiro atoms. The standard InChI is InChI=1S/C53H100N2O8Si3/c1-16-46(62-65(20-5,21-6)22-7)44(14)51-48(58-51)40-53(15,63-66(23-8,24-9)25-10)34-28-29-42(12)50-43(13)31-33-47(59-52(57)54-35-38-55-36-26-27-37-55)41(11)30-32-45(39-49(56)60-50)61-64(17-2,18-3)19-4/h28-29,31,33-34,41,43-48,50-51H,16-27,30,32,35-40H2,1-15H3,(H,54,57). The van der Waals surface area contributed by atoms with E-state index in [4.69, 9.17) is 27.5 Å². The van der Waals surface area contributed by atoms with Crippen LogP contribution >= 0.6 is 0 Å². The van der Waals surface area contributed by atoms with Gasteiger partial charge in [0.25, 0.3) is 0 Å². The number of allylic oxidation sites excluding steroid dienone is 2. The number of nitrogens with zero attached hydrogens (tertiary/aromatic N) is 1. The number of hydrogen-bond acceptors (Lipinski definition) is 9. The number of hydrogen-bond donors (Lipinski definition) is 1. The molecule has 2 saturated heterocycles. The van der Waals surface area contributed by atoms with Gasteiger partial charge in [-0.15, -0.1) is 0 Å². The summed E-state index contributed by atoms with van der Waals surface area (Å²) in [6, 6.07) is 9.62. The zero-order chi connectivity index (χ0) is 49.1. The lowest BCUT2D eigenvalue weighted by molar-refractivity contribution is -0.150. The Kier molecular flexibility index (Phi) is 25.2. The molecule has 0 radical (unpaired) electrons. The van der Waals surface area contributed by atoms with Crippen molar-refractivity contribution in [3.63, 3.8) is 0 Å². The molecule has 1 N–H and O–H groups in total. The van der Waals surface area contributed by atoms with Gasteiger partial charge in [0, 0.05) is 37.5 Å². The number of alkyl carbamates (subject to hydrolysis) is 1. The summed E-state index contributed by atoms with van der Waals surface area (Å²) >= 11 is 0. The zero-order valence-corrected chi connectivity index (χ0v) is 47.9. The number of esters is 1. The second-order valence-corrected chi connectivity index (χ2v) is 34.8. The quantitative estimate of drug-likeness (QED) is 0.0283. The number of carbonyl (C=O) groups is 2. The van der Waals surface area contributed by atoms with Crippen LogP contribution in [0.25, 0.3) is 0 Å². The molecule has 0 bridgehead atoms. The van der Waals surface area contributed by atoms with Gasteiger partial charge in [-0.2, -0.15) is 0 Å². The van der Waals surface area contributed by atoms with Crippen LogP contribution in [-0.2, 0) is 32.3 Å². The van der Waals surface area contributed by atoms with Gasteiger partial charge in [0.05, 0.1) is 30.3 Å². The Bertz CT molecular complexity index is 1500. The predicted molar refractivity (Wildman–Crippen MR) is 282 cm³/mol. The van der Waals surface area contributed by atoms with E-state index >= 15 is 0 Å². The Morgan fingerprint density at radius 3 is 2.03 bits per heavy atom. The highest BCUT2D eigenvalue weighted by Crippen LogP contribution is 2.42. The summed E-state index contributed by atoms with van der Waals surface area (Å²) in [5.41, 5.74) is 0.403. The Morgan fingerprint density at radius 1 is 0.879 bits per heavy atom. The molecule has 0 aliphatic carbocycles. The second-order valence-electron chi connectivity index (χ2n) is 20.7. The van der Waals surface area contributed by atoms with Crippen molar-refractivity contribution >= 4 is 37.0 Å². The Hall–Kier alpha value is -1.59. The number of rotatable bonds is 27. The van der Waals surface area contributed by atoms with Crippen molar-refractivity contribution in [1.29, 1.82) is 0 Å². The molecule has 13 heteroatoms. The van der Waals surface area contributed by atoms with Gasteiger partial charge in [0.15, 0.2) is 25.0 Å². The number of carbonyl (C=O) groups excluding carboxylic acids is 2. The summed E-state index contributed by atoms with van der Waals surface area (Å²) < 4.78 is 40.7. The molecular formula is C53H100N2O8Si3. The fourth-order valence-electron chi connectivity index (χ4n) is 10.8. The van der Waals surface area contributed by atoms with Gasteiger partial charge in [-0.05, 0) is 131 Å². The molecule has 3 aliphatic rings. The molecular weight excluding hydrogens is 877 g/mol. The van der Waals surface area contributed by atoms with Gasteiger partial charge in [-0.1, -0.05) is 114 Å². The van der Waals surface area contributed by atoms with Crippen LogP contribution < -0.4 is 5.32 Å². The lowest BCUT2D eigenvalue weighted by Crippen LogP contribution is -2.46. The first kappa shape index (κ1) is 58.7. The minimum atomic E-state index is -2.04. The molecule has 66 heavy (non-hydrogen) atoms. The van der Waals surface area contributed by atoms with Crippen molar-refractivity contribution in [2.45, 2.75) is 245 Å². The molecule has 382 valence electrons. The zero-order valence-electron chi connectivity index (χ0n) is 44.9. The summed E-state index contributed by atoms with van der Waals surface area (Å²) in [6.07, 6.45) is 15.2. The Balaban J connectivity index is 1.94. The third-order valence-corrected chi connectivity index (χ3v) is 30.6. The van der Waals surface area contributed by atoms with E-state index in [-0.39, 0.29) is 48.6 Å². The average molecular weight is 978 g/mol. The lowest BCUT2D eigenvalue weighted by Gasteiger charge is -2.39. The van der Waals surface area contributed by atoms with E-state index < -0.39 is 48.9 Å². The van der Waals surface area contributed by atoms with Gasteiger partial charge in [0.2, 0.25) is 0 Å². The van der Waals surface area contributed by atoms with E-state index in [1.807, 2.05) is 6.08 Å². The smallest absolute Gasteiger partial charge is 0.407 e. The van der Waals surface area contributed by atoms with Crippen LogP contribution in [0.5, 0.6) is 0 Å². The maximum atomic E-state index is 14.0. The normalized spacial score (nSPS) is 27.2. The van der Waals surface area contributed by atoms with Crippen LogP contribution in [-0.4, -0.2) is 110 Å². The van der Waals surface area contributed by atoms with E-state index in [0.29, 0.717) is 18.9 Å². The van der Waals surface area contributed by atoms with Crippen molar-refractivity contribution in [2.24, 2.45) is 17.8 Å². The van der Waals surface area contributed by atoms with Crippen molar-refractivity contribution < 1.29 is 37.1 Å². The van der Waals surface area contributed by atoms with Crippen molar-refractivity contribution in [3.05, 3.63) is 36.0 Å². The fourth-order valence-corrected chi connectivity index (χ4v) is 19.8. The summed E-state index contributed by atoms with van der Waals surface area (Å²) in [6.45, 7) is 37.1. The fraction of sp³-hybridized carbons (Fsp3) is 0.849. The second kappa shape index (κ2) is 28.3. The summed E-state index contributed by atoms with van der Waals surface area (Å²) in [7, 11) is -5.82. The van der Waals surface area contributed by atoms with E-state index in [1.165, 1.54) is 12.8 Å². The van der Waals surface area contributed by atoms with Crippen LogP contribution in [0.3, 0.4) is 0 Å². The first-order valence-corrected chi connectivity index (χ1v) is 34.6. The number of nitrogens with one attached hydrogen (secondary N) is 1. The average Bonchev–Trinajstić information content (AvgIpc) is 3.87. The Labute approximate surface area is 407 Å². The van der Waals surface area contributed by atoms with Gasteiger partial charge in [-0.3, -0.25) is 4.79 Å². The number of amides is 1. The maximum Gasteiger partial charge on any atom is 0.407 e. The highest BCUT2D eigenvalue weighted by molar-refractivity contribution is 6.74. The topological polar surface area (TPSA) is 108 Å². The van der Waals surface area contributed by atoms with Crippen LogP contribution in [0.2, 0.25) is 54.4 Å². The molecule has 0 saturated carbocycles. The highest BCUT2D eigenvalue weighted by atomic mass is 28.4. The molecule has 10 atom stereocenters. The number of likely N-dealkylation sites (tertiary alicyclic amines) is 1. The van der Waals surface area contributed by atoms with E-state index in [1.54, 1.807) is 0 Å². The molecule has 10 unspecified atom stereocenters. The van der Waals surface area contributed by atoms with Gasteiger partial charge in [0.1, 0.15) is 12.2 Å².